The van der Waals surface area contributed by atoms with Crippen LogP contribution in [0.2, 0.25) is 0 Å². The second kappa shape index (κ2) is 6.28. The quantitative estimate of drug-likeness (QED) is 0.860. The molecule has 0 bridgehead atoms. The summed E-state index contributed by atoms with van der Waals surface area (Å²) < 4.78 is 0. The molecule has 0 aliphatic carbocycles. The average Bonchev–Trinajstić information content (AvgIpc) is 2.87. The van der Waals surface area contributed by atoms with Crippen molar-refractivity contribution >= 4 is 41.4 Å². The van der Waals surface area contributed by atoms with Gasteiger partial charge >= 0.3 is 0 Å². The largest absolute Gasteiger partial charge is 0.339 e. The van der Waals surface area contributed by atoms with Gasteiger partial charge in [-0.2, -0.15) is 0 Å². The summed E-state index contributed by atoms with van der Waals surface area (Å²) in [6, 6.07) is 2.14. The van der Waals surface area contributed by atoms with Crippen LogP contribution >= 0.6 is 35.5 Å². The highest BCUT2D eigenvalue weighted by Gasteiger charge is 2.31. The van der Waals surface area contributed by atoms with E-state index in [-0.39, 0.29) is 17.7 Å². The lowest BCUT2D eigenvalue weighted by Gasteiger charge is -2.32. The molecule has 100 valence electrons. The highest BCUT2D eigenvalue weighted by Crippen LogP contribution is 2.40. The molecule has 3 heterocycles. The van der Waals surface area contributed by atoms with Crippen LogP contribution in [0.4, 0.5) is 0 Å². The fourth-order valence-corrected chi connectivity index (χ4v) is 4.78. The Bertz CT molecular complexity index is 418. The van der Waals surface area contributed by atoms with E-state index in [2.05, 4.69) is 16.8 Å². The molecule has 1 amide bonds. The first kappa shape index (κ1) is 14.2. The number of piperazine rings is 1. The molecule has 1 aromatic heterocycles. The van der Waals surface area contributed by atoms with E-state index in [0.29, 0.717) is 5.91 Å². The molecule has 1 fully saturated rings. The van der Waals surface area contributed by atoms with Crippen LogP contribution in [0.5, 0.6) is 0 Å². The van der Waals surface area contributed by atoms with Crippen molar-refractivity contribution in [1.82, 2.24) is 10.2 Å². The number of amides is 1. The molecule has 0 saturated carbocycles. The summed E-state index contributed by atoms with van der Waals surface area (Å²) in [6.07, 6.45) is 1.13. The molecule has 1 aromatic rings. The van der Waals surface area contributed by atoms with Gasteiger partial charge in [-0.05, 0) is 29.2 Å². The van der Waals surface area contributed by atoms with Crippen molar-refractivity contribution in [3.63, 3.8) is 0 Å². The fraction of sp³-hybridized carbons (Fsp3) is 0.583. The van der Waals surface area contributed by atoms with Gasteiger partial charge in [0.2, 0.25) is 5.91 Å². The molecular formula is C12H17ClN2OS2. The van der Waals surface area contributed by atoms with Crippen LogP contribution in [0.3, 0.4) is 0 Å². The van der Waals surface area contributed by atoms with Gasteiger partial charge in [-0.25, -0.2) is 0 Å². The molecular weight excluding hydrogens is 288 g/mol. The molecule has 1 atom stereocenters. The number of carbonyl (C=O) groups excluding carboxylic acids is 1. The molecule has 18 heavy (non-hydrogen) atoms. The van der Waals surface area contributed by atoms with Gasteiger partial charge in [0.15, 0.2) is 0 Å². The zero-order valence-corrected chi connectivity index (χ0v) is 12.5. The Morgan fingerprint density at radius 2 is 2.17 bits per heavy atom. The second-order valence-electron chi connectivity index (χ2n) is 4.38. The van der Waals surface area contributed by atoms with Gasteiger partial charge in [0.05, 0.1) is 0 Å². The van der Waals surface area contributed by atoms with Crippen LogP contribution < -0.4 is 5.32 Å². The number of nitrogens with zero attached hydrogens (tertiary/aromatic N) is 1. The number of hydrogen-bond acceptors (Lipinski definition) is 4. The molecule has 6 heteroatoms. The molecule has 1 N–H and O–H groups in total. The lowest BCUT2D eigenvalue weighted by molar-refractivity contribution is -0.131. The molecule has 0 radical (unpaired) electrons. The van der Waals surface area contributed by atoms with E-state index in [1.54, 1.807) is 11.3 Å². The molecule has 3 rings (SSSR count). The molecule has 0 aromatic carbocycles. The van der Waals surface area contributed by atoms with Gasteiger partial charge < -0.3 is 10.2 Å². The minimum atomic E-state index is 0. The van der Waals surface area contributed by atoms with Crippen molar-refractivity contribution in [1.29, 1.82) is 0 Å². The lowest BCUT2D eigenvalue weighted by Crippen LogP contribution is -2.47. The Balaban J connectivity index is 0.00000120. The van der Waals surface area contributed by atoms with E-state index in [4.69, 9.17) is 0 Å². The Morgan fingerprint density at radius 1 is 1.39 bits per heavy atom. The van der Waals surface area contributed by atoms with Crippen molar-refractivity contribution in [2.24, 2.45) is 0 Å². The second-order valence-corrected chi connectivity index (χ2v) is 6.59. The molecule has 3 nitrogen and oxygen atoms in total. The monoisotopic (exact) mass is 304 g/mol. The number of rotatable bonds is 1. The topological polar surface area (TPSA) is 32.3 Å². The van der Waals surface area contributed by atoms with E-state index in [9.17, 15) is 4.79 Å². The highest BCUT2D eigenvalue weighted by atomic mass is 35.5. The average molecular weight is 305 g/mol. The Kier molecular flexibility index (Phi) is 4.95. The van der Waals surface area contributed by atoms with E-state index in [1.807, 2.05) is 16.7 Å². The zero-order valence-electron chi connectivity index (χ0n) is 10.1. The Morgan fingerprint density at radius 3 is 2.94 bits per heavy atom. The van der Waals surface area contributed by atoms with Gasteiger partial charge in [-0.3, -0.25) is 4.79 Å². The third-order valence-electron chi connectivity index (χ3n) is 3.33. The standard InChI is InChI=1S/C12H16N2OS2.ClH/c15-12(14-5-3-13-4-6-14)11-9-1-7-16-10(9)2-8-17-11;/h1,7,11,13H,2-6,8H2;1H. The first-order valence-corrected chi connectivity index (χ1v) is 7.96. The van der Waals surface area contributed by atoms with Crippen molar-refractivity contribution in [3.8, 4) is 0 Å². The zero-order chi connectivity index (χ0) is 11.7. The van der Waals surface area contributed by atoms with Crippen LogP contribution in [0.1, 0.15) is 15.7 Å². The maximum atomic E-state index is 12.5. The molecule has 0 spiro atoms. The summed E-state index contributed by atoms with van der Waals surface area (Å²) in [6.45, 7) is 3.57. The van der Waals surface area contributed by atoms with Gasteiger partial charge in [0, 0.05) is 31.1 Å². The maximum Gasteiger partial charge on any atom is 0.240 e. The van der Waals surface area contributed by atoms with Gasteiger partial charge in [-0.1, -0.05) is 0 Å². The molecule has 1 saturated heterocycles. The number of carbonyl (C=O) groups is 1. The van der Waals surface area contributed by atoms with E-state index >= 15 is 0 Å². The number of nitrogens with one attached hydrogen (secondary N) is 1. The van der Waals surface area contributed by atoms with Crippen LogP contribution in [-0.4, -0.2) is 42.7 Å². The third-order valence-corrected chi connectivity index (χ3v) is 5.55. The van der Waals surface area contributed by atoms with Crippen LogP contribution in [-0.2, 0) is 11.2 Å². The van der Waals surface area contributed by atoms with E-state index in [1.165, 1.54) is 10.4 Å². The van der Waals surface area contributed by atoms with E-state index in [0.717, 1.165) is 38.4 Å². The minimum absolute atomic E-state index is 0. The lowest BCUT2D eigenvalue weighted by atomic mass is 10.1. The normalized spacial score (nSPS) is 23.1. The van der Waals surface area contributed by atoms with Crippen molar-refractivity contribution in [2.75, 3.05) is 31.9 Å². The predicted molar refractivity (Wildman–Crippen MR) is 79.9 cm³/mol. The summed E-state index contributed by atoms with van der Waals surface area (Å²) in [7, 11) is 0. The maximum absolute atomic E-state index is 12.5. The molecule has 1 unspecified atom stereocenters. The van der Waals surface area contributed by atoms with Crippen LogP contribution in [0, 0.1) is 0 Å². The molecule has 2 aliphatic rings. The Hall–Kier alpha value is -0.230. The van der Waals surface area contributed by atoms with Gasteiger partial charge in [-0.15, -0.1) is 35.5 Å². The fourth-order valence-electron chi connectivity index (χ4n) is 2.40. The minimum Gasteiger partial charge on any atom is -0.339 e. The number of hydrogen-bond donors (Lipinski definition) is 1. The van der Waals surface area contributed by atoms with Crippen LogP contribution in [0.15, 0.2) is 11.4 Å². The van der Waals surface area contributed by atoms with Crippen molar-refractivity contribution in [2.45, 2.75) is 11.7 Å². The van der Waals surface area contributed by atoms with Crippen LogP contribution in [0.25, 0.3) is 0 Å². The first-order chi connectivity index (χ1) is 8.36. The number of aryl methyl sites for hydroxylation is 1. The summed E-state index contributed by atoms with van der Waals surface area (Å²) in [4.78, 5) is 15.9. The predicted octanol–water partition coefficient (Wildman–Crippen LogP) is 1.93. The Labute approximate surface area is 122 Å². The summed E-state index contributed by atoms with van der Waals surface area (Å²) >= 11 is 3.60. The van der Waals surface area contributed by atoms with E-state index < -0.39 is 0 Å². The summed E-state index contributed by atoms with van der Waals surface area (Å²) in [5.74, 6) is 1.39. The van der Waals surface area contributed by atoms with Gasteiger partial charge in [0.25, 0.3) is 0 Å². The summed E-state index contributed by atoms with van der Waals surface area (Å²) in [5, 5.41) is 5.47. The van der Waals surface area contributed by atoms with Gasteiger partial charge in [0.1, 0.15) is 5.25 Å². The molecule has 2 aliphatic heterocycles. The SMILES string of the molecule is Cl.O=C(C1SCCc2sccc21)N1CCNCC1. The number of halogens is 1. The third kappa shape index (κ3) is 2.69. The van der Waals surface area contributed by atoms with Crippen molar-refractivity contribution in [3.05, 3.63) is 21.9 Å². The number of fused-ring (bicyclic) bond motifs is 1. The smallest absolute Gasteiger partial charge is 0.240 e. The first-order valence-electron chi connectivity index (χ1n) is 6.03. The number of thioether (sulfide) groups is 1. The number of thiophene rings is 1. The van der Waals surface area contributed by atoms with Crippen molar-refractivity contribution < 1.29 is 4.79 Å². The summed E-state index contributed by atoms with van der Waals surface area (Å²) in [5.41, 5.74) is 1.27. The highest BCUT2D eigenvalue weighted by molar-refractivity contribution is 8.00.